The first kappa shape index (κ1) is 49.5. The van der Waals surface area contributed by atoms with Crippen LogP contribution in [0.5, 0.6) is 0 Å². The molecule has 18 heteroatoms. The smallest absolute Gasteiger partial charge is 0.335 e. The second kappa shape index (κ2) is 17.2. The quantitative estimate of drug-likeness (QED) is 0.0918. The Bertz CT molecular complexity index is 1820. The van der Waals surface area contributed by atoms with E-state index in [9.17, 15) is 60.7 Å². The summed E-state index contributed by atoms with van der Waals surface area (Å²) in [6.07, 6.45) is -13.6. The number of carboxylic acid groups (broad SMARTS) is 1. The minimum Gasteiger partial charge on any atom is -0.479 e. The number of hydrogen-bond donors (Lipinski definition) is 10. The van der Waals surface area contributed by atoms with E-state index in [2.05, 4.69) is 54.5 Å². The van der Waals surface area contributed by atoms with Crippen molar-refractivity contribution in [1.29, 1.82) is 0 Å². The van der Waals surface area contributed by atoms with Crippen molar-refractivity contribution in [3.05, 3.63) is 11.6 Å². The molecule has 0 bridgehead atoms. The molecule has 4 saturated carbocycles. The number of hydrogen-bond acceptors (Lipinski definition) is 17. The van der Waals surface area contributed by atoms with Crippen LogP contribution >= 0.6 is 0 Å². The third kappa shape index (κ3) is 7.76. The van der Waals surface area contributed by atoms with Gasteiger partial charge in [0.2, 0.25) is 6.29 Å². The summed E-state index contributed by atoms with van der Waals surface area (Å²) in [4.78, 5) is 27.2. The Kier molecular flexibility index (Phi) is 13.1. The molecule has 22 atom stereocenters. The number of aliphatic hydroxyl groups is 9. The van der Waals surface area contributed by atoms with Crippen molar-refractivity contribution in [2.24, 2.45) is 50.2 Å². The highest BCUT2D eigenvalue weighted by Crippen LogP contribution is 2.76. The Labute approximate surface area is 380 Å². The standard InChI is InChI=1S/C47H74O18/c1-42(2)14-16-47(41(59)65-39-33(55)30(52)29(51)24(19-48)61-39)17-15-45(6)21(22(47)18-42)8-9-26-44(5)12-11-27(43(3,4)25(44)10-13-46(26,45)7)62-40-34(56)31(53)35(36(64-40)37(57)58)63-38-32(54)28(50)23(49)20-60-38/h8,22-36,38-40,48-56H,9-20H2,1-7H3,(H,57,58)/t22?,23?,24?,25?,26?,27?,28?,29?,30?,31?,32?,33?,34?,35?,36?,38?,39?,40?,44-,45+,46+,47-/m0/s1. The summed E-state index contributed by atoms with van der Waals surface area (Å²) in [7, 11) is 0. The van der Waals surface area contributed by atoms with Gasteiger partial charge in [-0.25, -0.2) is 4.79 Å². The van der Waals surface area contributed by atoms with E-state index < -0.39 is 128 Å². The molecule has 0 spiro atoms. The van der Waals surface area contributed by atoms with Gasteiger partial charge >= 0.3 is 11.9 Å². The van der Waals surface area contributed by atoms with Crippen LogP contribution in [0.4, 0.5) is 0 Å². The van der Waals surface area contributed by atoms with E-state index in [0.29, 0.717) is 19.3 Å². The van der Waals surface area contributed by atoms with E-state index in [4.69, 9.17) is 28.4 Å². The van der Waals surface area contributed by atoms with Gasteiger partial charge < -0.3 is 79.5 Å². The number of carbonyl (C=O) groups is 2. The number of esters is 1. The molecule has 10 N–H and O–H groups in total. The number of rotatable bonds is 8. The van der Waals surface area contributed by atoms with Gasteiger partial charge in [0.25, 0.3) is 0 Å². The van der Waals surface area contributed by atoms with E-state index in [1.807, 2.05) is 0 Å². The lowest BCUT2D eigenvalue weighted by atomic mass is 9.33. The van der Waals surface area contributed by atoms with Gasteiger partial charge in [0, 0.05) is 0 Å². The lowest BCUT2D eigenvalue weighted by molar-refractivity contribution is -0.354. The molecule has 0 amide bonds. The summed E-state index contributed by atoms with van der Waals surface area (Å²) in [5, 5.41) is 105. The van der Waals surface area contributed by atoms with Crippen molar-refractivity contribution in [2.45, 2.75) is 205 Å². The molecule has 18 nitrogen and oxygen atoms in total. The first-order chi connectivity index (χ1) is 30.3. The third-order valence-corrected chi connectivity index (χ3v) is 18.9. The molecule has 0 aromatic carbocycles. The van der Waals surface area contributed by atoms with Crippen molar-refractivity contribution < 1.29 is 89.1 Å². The molecule has 3 aliphatic heterocycles. The van der Waals surface area contributed by atoms with Crippen molar-refractivity contribution in [1.82, 2.24) is 0 Å². The summed E-state index contributed by atoms with van der Waals surface area (Å²) in [6.45, 7) is 14.9. The largest absolute Gasteiger partial charge is 0.479 e. The first-order valence-corrected chi connectivity index (χ1v) is 23.7. The van der Waals surface area contributed by atoms with Gasteiger partial charge in [0.05, 0.1) is 24.7 Å². The second-order valence-corrected chi connectivity index (χ2v) is 23.1. The summed E-state index contributed by atoms with van der Waals surface area (Å²) >= 11 is 0. The summed E-state index contributed by atoms with van der Waals surface area (Å²) in [6, 6.07) is 0. The number of ether oxygens (including phenoxy) is 6. The topological polar surface area (TPSA) is 292 Å². The molecule has 8 aliphatic rings. The highest BCUT2D eigenvalue weighted by atomic mass is 16.7. The molecule has 7 fully saturated rings. The van der Waals surface area contributed by atoms with Crippen LogP contribution < -0.4 is 0 Å². The fourth-order valence-electron chi connectivity index (χ4n) is 14.7. The molecule has 8 rings (SSSR count). The average molecular weight is 927 g/mol. The SMILES string of the molecule is CC1(C)CC[C@]2(C(=O)OC3OC(CO)C(O)C(O)C3O)CC[C@]3(C)C(=CCC4[C@@]5(C)CCC(OC6OC(C(=O)O)C(OC7OCC(O)C(O)C7O)C(O)C6O)C(C)(C)C5CC[C@]43C)C2C1. The van der Waals surface area contributed by atoms with Crippen LogP contribution in [-0.4, -0.2) is 168 Å². The van der Waals surface area contributed by atoms with E-state index in [0.717, 1.165) is 44.9 Å². The Morgan fingerprint density at radius 2 is 1.37 bits per heavy atom. The maximum Gasteiger partial charge on any atom is 0.335 e. The third-order valence-electron chi connectivity index (χ3n) is 18.9. The van der Waals surface area contributed by atoms with Gasteiger partial charge in [-0.2, -0.15) is 0 Å². The Hall–Kier alpha value is -1.88. The van der Waals surface area contributed by atoms with Gasteiger partial charge in [-0.15, -0.1) is 0 Å². The number of aliphatic hydroxyl groups excluding tert-OH is 9. The van der Waals surface area contributed by atoms with Gasteiger partial charge in [0.15, 0.2) is 18.7 Å². The molecule has 65 heavy (non-hydrogen) atoms. The number of fused-ring (bicyclic) bond motifs is 7. The number of allylic oxidation sites excluding steroid dienone is 2. The fraction of sp³-hybridized carbons (Fsp3) is 0.915. The number of aliphatic carboxylic acids is 1. The normalized spacial score (nSPS) is 52.7. The van der Waals surface area contributed by atoms with Gasteiger partial charge in [-0.05, 0) is 109 Å². The zero-order chi connectivity index (χ0) is 47.6. The number of carboxylic acids is 1. The van der Waals surface area contributed by atoms with Crippen LogP contribution in [0.1, 0.15) is 113 Å². The molecule has 0 aromatic heterocycles. The van der Waals surface area contributed by atoms with Crippen molar-refractivity contribution in [3.63, 3.8) is 0 Å². The molecule has 0 radical (unpaired) electrons. The van der Waals surface area contributed by atoms with Crippen molar-refractivity contribution in [2.75, 3.05) is 13.2 Å². The maximum absolute atomic E-state index is 14.6. The van der Waals surface area contributed by atoms with Crippen LogP contribution in [0, 0.1) is 50.2 Å². The summed E-state index contributed by atoms with van der Waals surface area (Å²) < 4.78 is 34.9. The van der Waals surface area contributed by atoms with Gasteiger partial charge in [-0.3, -0.25) is 4.79 Å². The maximum atomic E-state index is 14.6. The minimum atomic E-state index is -1.84. The minimum absolute atomic E-state index is 0.0646. The Balaban J connectivity index is 1.01. The van der Waals surface area contributed by atoms with Crippen molar-refractivity contribution >= 4 is 11.9 Å². The Morgan fingerprint density at radius 1 is 0.708 bits per heavy atom. The molecule has 370 valence electrons. The highest BCUT2D eigenvalue weighted by molar-refractivity contribution is 5.79. The van der Waals surface area contributed by atoms with Gasteiger partial charge in [-0.1, -0.05) is 60.1 Å². The predicted molar refractivity (Wildman–Crippen MR) is 225 cm³/mol. The second-order valence-electron chi connectivity index (χ2n) is 23.1. The van der Waals surface area contributed by atoms with Crippen LogP contribution in [0.2, 0.25) is 0 Å². The predicted octanol–water partition coefficient (Wildman–Crippen LogP) is 0.872. The van der Waals surface area contributed by atoms with E-state index in [-0.39, 0.29) is 39.4 Å². The molecule has 3 heterocycles. The lowest BCUT2D eigenvalue weighted by Crippen LogP contribution is -2.67. The molecular formula is C47H74O18. The zero-order valence-electron chi connectivity index (χ0n) is 38.7. The Morgan fingerprint density at radius 3 is 2.05 bits per heavy atom. The zero-order valence-corrected chi connectivity index (χ0v) is 38.7. The van der Waals surface area contributed by atoms with Crippen LogP contribution in [-0.2, 0) is 38.0 Å². The summed E-state index contributed by atoms with van der Waals surface area (Å²) in [5.41, 5.74) is -0.801. The van der Waals surface area contributed by atoms with E-state index in [1.54, 1.807) is 0 Å². The monoisotopic (exact) mass is 926 g/mol. The molecule has 5 aliphatic carbocycles. The lowest BCUT2D eigenvalue weighted by Gasteiger charge is -2.71. The average Bonchev–Trinajstić information content (AvgIpc) is 3.24. The van der Waals surface area contributed by atoms with Gasteiger partial charge in [0.1, 0.15) is 61.0 Å². The molecular weight excluding hydrogens is 852 g/mol. The first-order valence-electron chi connectivity index (χ1n) is 23.7. The van der Waals surface area contributed by atoms with Crippen LogP contribution in [0.3, 0.4) is 0 Å². The van der Waals surface area contributed by atoms with Crippen LogP contribution in [0.25, 0.3) is 0 Å². The van der Waals surface area contributed by atoms with Crippen molar-refractivity contribution in [3.8, 4) is 0 Å². The summed E-state index contributed by atoms with van der Waals surface area (Å²) in [5.74, 6) is -1.77. The number of carbonyl (C=O) groups excluding carboxylic acids is 1. The highest BCUT2D eigenvalue weighted by Gasteiger charge is 2.70. The molecule has 18 unspecified atom stereocenters. The van der Waals surface area contributed by atoms with E-state index >= 15 is 0 Å². The molecule has 3 saturated heterocycles. The fourth-order valence-corrected chi connectivity index (χ4v) is 14.7. The van der Waals surface area contributed by atoms with E-state index in [1.165, 1.54) is 5.57 Å². The molecule has 0 aromatic rings. The van der Waals surface area contributed by atoms with Crippen LogP contribution in [0.15, 0.2) is 11.6 Å².